The van der Waals surface area contributed by atoms with Gasteiger partial charge in [0.2, 0.25) is 0 Å². The van der Waals surface area contributed by atoms with E-state index in [9.17, 15) is 14.4 Å². The van der Waals surface area contributed by atoms with E-state index >= 15 is 0 Å². The average Bonchev–Trinajstić information content (AvgIpc) is 3.27. The zero-order valence-electron chi connectivity index (χ0n) is 41.4. The molecule has 0 aliphatic carbocycles. The van der Waals surface area contributed by atoms with E-state index in [1.54, 1.807) is 0 Å². The van der Waals surface area contributed by atoms with Gasteiger partial charge >= 0.3 is 17.9 Å². The molecule has 0 saturated heterocycles. The smallest absolute Gasteiger partial charge is 0.306 e. The van der Waals surface area contributed by atoms with Gasteiger partial charge in [-0.2, -0.15) is 0 Å². The Morgan fingerprint density at radius 1 is 0.339 bits per heavy atom. The Balaban J connectivity index is 4.34. The minimum atomic E-state index is -0.775. The molecule has 0 aromatic carbocycles. The summed E-state index contributed by atoms with van der Waals surface area (Å²) in [5.74, 6) is -0.880. The highest BCUT2D eigenvalue weighted by molar-refractivity contribution is 5.71. The standard InChI is InChI=1S/C56H102O6/c1-4-7-10-13-16-19-22-25-27-28-29-30-32-34-37-40-43-46-49-55(58)61-52-53(51-60-54(57)48-45-42-39-36-33-24-21-18-15-12-9-6-3)62-56(59)50-47-44-41-38-35-31-26-23-20-17-14-11-8-5-2/h8,11,17,20,29-30,53H,4-7,9-10,12-16,18-19,21-28,31-52H2,1-3H3/b11-8-,20-17-,30-29-. The van der Waals surface area contributed by atoms with Crippen molar-refractivity contribution in [1.82, 2.24) is 0 Å². The molecular formula is C56H102O6. The van der Waals surface area contributed by atoms with Crippen LogP contribution >= 0.6 is 0 Å². The van der Waals surface area contributed by atoms with Crippen LogP contribution in [0.5, 0.6) is 0 Å². The van der Waals surface area contributed by atoms with Crippen LogP contribution in [0.2, 0.25) is 0 Å². The molecule has 62 heavy (non-hydrogen) atoms. The van der Waals surface area contributed by atoms with E-state index in [2.05, 4.69) is 57.2 Å². The molecule has 0 amide bonds. The molecule has 0 aliphatic rings. The summed E-state index contributed by atoms with van der Waals surface area (Å²) in [4.78, 5) is 38.0. The van der Waals surface area contributed by atoms with Crippen molar-refractivity contribution in [2.45, 2.75) is 290 Å². The summed E-state index contributed by atoms with van der Waals surface area (Å²) in [5, 5.41) is 0. The van der Waals surface area contributed by atoms with Crippen LogP contribution in [0.1, 0.15) is 284 Å². The van der Waals surface area contributed by atoms with E-state index < -0.39 is 6.10 Å². The number of hydrogen-bond acceptors (Lipinski definition) is 6. The van der Waals surface area contributed by atoms with Crippen molar-refractivity contribution >= 4 is 17.9 Å². The first-order chi connectivity index (χ1) is 30.5. The first kappa shape index (κ1) is 59.6. The number of rotatable bonds is 49. The van der Waals surface area contributed by atoms with Crippen molar-refractivity contribution in [1.29, 1.82) is 0 Å². The molecule has 0 bridgehead atoms. The average molecular weight is 871 g/mol. The fourth-order valence-electron chi connectivity index (χ4n) is 7.83. The van der Waals surface area contributed by atoms with E-state index in [4.69, 9.17) is 14.2 Å². The first-order valence-electron chi connectivity index (χ1n) is 27.0. The summed E-state index contributed by atoms with van der Waals surface area (Å²) >= 11 is 0. The van der Waals surface area contributed by atoms with Crippen molar-refractivity contribution < 1.29 is 28.6 Å². The molecule has 0 radical (unpaired) electrons. The highest BCUT2D eigenvalue weighted by Crippen LogP contribution is 2.16. The molecule has 0 fully saturated rings. The zero-order chi connectivity index (χ0) is 45.1. The van der Waals surface area contributed by atoms with Crippen molar-refractivity contribution in [2.75, 3.05) is 13.2 Å². The van der Waals surface area contributed by atoms with Crippen LogP contribution in [0.4, 0.5) is 0 Å². The molecule has 0 spiro atoms. The summed E-state index contributed by atoms with van der Waals surface area (Å²) in [7, 11) is 0. The van der Waals surface area contributed by atoms with Gasteiger partial charge in [0.1, 0.15) is 13.2 Å². The Morgan fingerprint density at radius 3 is 0.984 bits per heavy atom. The van der Waals surface area contributed by atoms with Crippen molar-refractivity contribution in [3.05, 3.63) is 36.5 Å². The van der Waals surface area contributed by atoms with E-state index in [-0.39, 0.29) is 31.1 Å². The molecule has 0 N–H and O–H groups in total. The van der Waals surface area contributed by atoms with Gasteiger partial charge in [-0.05, 0) is 70.6 Å². The summed E-state index contributed by atoms with van der Waals surface area (Å²) in [6, 6.07) is 0. The number of carbonyl (C=O) groups excluding carboxylic acids is 3. The molecule has 0 aromatic rings. The summed E-state index contributed by atoms with van der Waals surface area (Å²) < 4.78 is 16.8. The van der Waals surface area contributed by atoms with Gasteiger partial charge in [-0.25, -0.2) is 0 Å². The molecular weight excluding hydrogens is 769 g/mol. The Bertz CT molecular complexity index is 1050. The zero-order valence-corrected chi connectivity index (χ0v) is 41.4. The van der Waals surface area contributed by atoms with Crippen LogP contribution in [0, 0.1) is 0 Å². The maximum atomic E-state index is 12.8. The molecule has 0 aliphatic heterocycles. The maximum Gasteiger partial charge on any atom is 0.306 e. The predicted octanol–water partition coefficient (Wildman–Crippen LogP) is 17.7. The summed E-state index contributed by atoms with van der Waals surface area (Å²) in [5.41, 5.74) is 0. The SMILES string of the molecule is CC/C=C\C/C=C\CCCCCCCCCC(=O)OC(COC(=O)CCCCCCC/C=C\CCCCCCCCCCC)COC(=O)CCCCCCCCCCCCCC. The number of esters is 3. The fourth-order valence-corrected chi connectivity index (χ4v) is 7.83. The topological polar surface area (TPSA) is 78.9 Å². The molecule has 0 saturated carbocycles. The predicted molar refractivity (Wildman–Crippen MR) is 266 cm³/mol. The lowest BCUT2D eigenvalue weighted by Gasteiger charge is -2.18. The van der Waals surface area contributed by atoms with E-state index in [1.165, 1.54) is 161 Å². The van der Waals surface area contributed by atoms with E-state index in [0.29, 0.717) is 19.3 Å². The fraction of sp³-hybridized carbons (Fsp3) is 0.839. The van der Waals surface area contributed by atoms with Crippen molar-refractivity contribution in [3.63, 3.8) is 0 Å². The molecule has 0 aromatic heterocycles. The van der Waals surface area contributed by atoms with Crippen LogP contribution in [-0.2, 0) is 28.6 Å². The van der Waals surface area contributed by atoms with Crippen molar-refractivity contribution in [3.8, 4) is 0 Å². The highest BCUT2D eigenvalue weighted by atomic mass is 16.6. The number of unbranched alkanes of at least 4 members (excludes halogenated alkanes) is 32. The van der Waals surface area contributed by atoms with E-state index in [0.717, 1.165) is 83.5 Å². The Morgan fingerprint density at radius 2 is 0.629 bits per heavy atom. The third kappa shape index (κ3) is 48.7. The third-order valence-corrected chi connectivity index (χ3v) is 11.9. The van der Waals surface area contributed by atoms with Gasteiger partial charge in [-0.15, -0.1) is 0 Å². The molecule has 0 rings (SSSR count). The van der Waals surface area contributed by atoms with Gasteiger partial charge in [-0.3, -0.25) is 14.4 Å². The molecule has 0 heterocycles. The Kier molecular flexibility index (Phi) is 49.3. The number of hydrogen-bond donors (Lipinski definition) is 0. The van der Waals surface area contributed by atoms with Crippen LogP contribution in [0.15, 0.2) is 36.5 Å². The van der Waals surface area contributed by atoms with Crippen LogP contribution in [0.3, 0.4) is 0 Å². The lowest BCUT2D eigenvalue weighted by atomic mass is 10.0. The third-order valence-electron chi connectivity index (χ3n) is 11.9. The van der Waals surface area contributed by atoms with Gasteiger partial charge in [0.25, 0.3) is 0 Å². The van der Waals surface area contributed by atoms with Gasteiger partial charge in [-0.1, -0.05) is 231 Å². The van der Waals surface area contributed by atoms with Gasteiger partial charge in [0, 0.05) is 19.3 Å². The Labute approximate surface area is 385 Å². The van der Waals surface area contributed by atoms with Crippen molar-refractivity contribution in [2.24, 2.45) is 0 Å². The quantitative estimate of drug-likeness (QED) is 0.0262. The monoisotopic (exact) mass is 871 g/mol. The van der Waals surface area contributed by atoms with Crippen LogP contribution < -0.4 is 0 Å². The minimum absolute atomic E-state index is 0.0750. The molecule has 6 heteroatoms. The number of ether oxygens (including phenoxy) is 3. The highest BCUT2D eigenvalue weighted by Gasteiger charge is 2.19. The second-order valence-electron chi connectivity index (χ2n) is 18.1. The van der Waals surface area contributed by atoms with Gasteiger partial charge in [0.05, 0.1) is 0 Å². The minimum Gasteiger partial charge on any atom is -0.462 e. The molecule has 1 unspecified atom stereocenters. The number of carbonyl (C=O) groups is 3. The molecule has 362 valence electrons. The number of allylic oxidation sites excluding steroid dienone is 6. The second-order valence-corrected chi connectivity index (χ2v) is 18.1. The maximum absolute atomic E-state index is 12.8. The molecule has 6 nitrogen and oxygen atoms in total. The second kappa shape index (κ2) is 51.3. The van der Waals surface area contributed by atoms with Gasteiger partial charge < -0.3 is 14.2 Å². The van der Waals surface area contributed by atoms with Crippen LogP contribution in [-0.4, -0.2) is 37.2 Å². The lowest BCUT2D eigenvalue weighted by molar-refractivity contribution is -0.167. The normalized spacial score (nSPS) is 12.2. The molecule has 1 atom stereocenters. The first-order valence-corrected chi connectivity index (χ1v) is 27.0. The van der Waals surface area contributed by atoms with E-state index in [1.807, 2.05) is 0 Å². The largest absolute Gasteiger partial charge is 0.462 e. The summed E-state index contributed by atoms with van der Waals surface area (Å²) in [6.45, 7) is 6.54. The lowest BCUT2D eigenvalue weighted by Crippen LogP contribution is -2.30. The van der Waals surface area contributed by atoms with Gasteiger partial charge in [0.15, 0.2) is 6.10 Å². The summed E-state index contributed by atoms with van der Waals surface area (Å²) in [6.07, 6.45) is 59.9. The Hall–Kier alpha value is -2.37. The van der Waals surface area contributed by atoms with Crippen LogP contribution in [0.25, 0.3) is 0 Å².